The first-order valence-corrected chi connectivity index (χ1v) is 13.3. The Balaban J connectivity index is 1.42. The van der Waals surface area contributed by atoms with Gasteiger partial charge in [0.05, 0.1) is 6.61 Å². The molecule has 2 unspecified atom stereocenters. The molecular weight excluding hydrogens is 368 g/mol. The lowest BCUT2D eigenvalue weighted by atomic mass is 9.44. The predicted octanol–water partition coefficient (Wildman–Crippen LogP) is 7.30. The van der Waals surface area contributed by atoms with E-state index in [2.05, 4.69) is 20.8 Å². The number of rotatable bonds is 7. The highest BCUT2D eigenvalue weighted by atomic mass is 16.5. The molecule has 0 bridgehead atoms. The van der Waals surface area contributed by atoms with Crippen LogP contribution < -0.4 is 0 Å². The van der Waals surface area contributed by atoms with E-state index in [1.807, 2.05) is 6.92 Å². The molecule has 9 atom stereocenters. The summed E-state index contributed by atoms with van der Waals surface area (Å²) in [6.45, 7) is 10.4. The van der Waals surface area contributed by atoms with Gasteiger partial charge in [-0.1, -0.05) is 40.5 Å². The average Bonchev–Trinajstić information content (AvgIpc) is 3.08. The molecule has 0 radical (unpaired) electrons. The number of ketones is 1. The first-order chi connectivity index (χ1) is 14.3. The highest BCUT2D eigenvalue weighted by Gasteiger charge is 2.60. The third-order valence-electron chi connectivity index (χ3n) is 11.2. The minimum Gasteiger partial charge on any atom is -0.384 e. The van der Waals surface area contributed by atoms with E-state index in [0.717, 1.165) is 42.4 Å². The fourth-order valence-corrected chi connectivity index (χ4v) is 9.43. The largest absolute Gasteiger partial charge is 0.384 e. The number of carbonyl (C=O) groups is 1. The molecule has 0 saturated heterocycles. The Kier molecular flexibility index (Phi) is 6.75. The lowest BCUT2D eigenvalue weighted by Gasteiger charge is -2.61. The van der Waals surface area contributed by atoms with Crippen LogP contribution in [-0.2, 0) is 9.53 Å². The van der Waals surface area contributed by atoms with Crippen molar-refractivity contribution in [2.24, 2.45) is 52.3 Å². The molecule has 4 saturated carbocycles. The maximum Gasteiger partial charge on any atom is 0.138 e. The van der Waals surface area contributed by atoms with Crippen molar-refractivity contribution in [3.8, 4) is 0 Å². The van der Waals surface area contributed by atoms with Gasteiger partial charge in [0.2, 0.25) is 0 Å². The minimum atomic E-state index is 0.0518. The normalized spacial score (nSPS) is 45.2. The molecule has 0 aliphatic heterocycles. The van der Waals surface area contributed by atoms with Gasteiger partial charge in [-0.3, -0.25) is 4.79 Å². The van der Waals surface area contributed by atoms with E-state index in [0.29, 0.717) is 29.1 Å². The van der Waals surface area contributed by atoms with E-state index >= 15 is 0 Å². The predicted molar refractivity (Wildman–Crippen MR) is 124 cm³/mol. The van der Waals surface area contributed by atoms with Gasteiger partial charge >= 0.3 is 0 Å². The zero-order valence-electron chi connectivity index (χ0n) is 20.6. The van der Waals surface area contributed by atoms with Gasteiger partial charge in [-0.25, -0.2) is 0 Å². The zero-order valence-corrected chi connectivity index (χ0v) is 20.6. The van der Waals surface area contributed by atoms with E-state index in [-0.39, 0.29) is 5.92 Å². The zero-order chi connectivity index (χ0) is 21.5. The molecule has 4 aliphatic carbocycles. The van der Waals surface area contributed by atoms with Crippen LogP contribution in [0.5, 0.6) is 0 Å². The smallest absolute Gasteiger partial charge is 0.138 e. The van der Waals surface area contributed by atoms with Gasteiger partial charge in [0, 0.05) is 19.4 Å². The first kappa shape index (κ1) is 22.8. The number of hydrogen-bond acceptors (Lipinski definition) is 2. The highest BCUT2D eigenvalue weighted by Crippen LogP contribution is 2.68. The van der Waals surface area contributed by atoms with Crippen molar-refractivity contribution in [3.05, 3.63) is 0 Å². The minimum absolute atomic E-state index is 0.0518. The lowest BCUT2D eigenvalue weighted by molar-refractivity contribution is -0.125. The topological polar surface area (TPSA) is 26.3 Å². The van der Waals surface area contributed by atoms with Gasteiger partial charge in [0.15, 0.2) is 0 Å². The summed E-state index contributed by atoms with van der Waals surface area (Å²) in [6, 6.07) is 0. The average molecular weight is 417 g/mol. The third kappa shape index (κ3) is 3.82. The van der Waals surface area contributed by atoms with Crippen molar-refractivity contribution in [1.82, 2.24) is 0 Å². The summed E-state index contributed by atoms with van der Waals surface area (Å²) in [4.78, 5) is 12.5. The van der Waals surface area contributed by atoms with Crippen LogP contribution in [0.2, 0.25) is 0 Å². The molecule has 30 heavy (non-hydrogen) atoms. The second-order valence-electron chi connectivity index (χ2n) is 12.5. The number of fused-ring (bicyclic) bond motifs is 5. The molecule has 4 rings (SSSR count). The van der Waals surface area contributed by atoms with Crippen LogP contribution in [0.15, 0.2) is 0 Å². The lowest BCUT2D eigenvalue weighted by Crippen LogP contribution is -2.53. The van der Waals surface area contributed by atoms with E-state index in [4.69, 9.17) is 4.74 Å². The van der Waals surface area contributed by atoms with Crippen LogP contribution in [0.4, 0.5) is 0 Å². The molecule has 0 aromatic heterocycles. The Bertz CT molecular complexity index is 614. The van der Waals surface area contributed by atoms with Gasteiger partial charge in [-0.15, -0.1) is 0 Å². The fraction of sp³-hybridized carbons (Fsp3) is 0.964. The van der Waals surface area contributed by atoms with Crippen LogP contribution in [0, 0.1) is 52.3 Å². The van der Waals surface area contributed by atoms with Crippen LogP contribution in [0.3, 0.4) is 0 Å². The SMILES string of the molecule is COCC(C)C(=O)CC[C@@H](C)[C@H]1CC[C@H]2[C@@H]3CCC4CCCC[C@]4(C)[C@H]3CC[C@]12C. The van der Waals surface area contributed by atoms with Crippen molar-refractivity contribution in [2.45, 2.75) is 105 Å². The summed E-state index contributed by atoms with van der Waals surface area (Å²) >= 11 is 0. The Morgan fingerprint density at radius 2 is 1.70 bits per heavy atom. The van der Waals surface area contributed by atoms with Crippen LogP contribution in [0.1, 0.15) is 105 Å². The second kappa shape index (κ2) is 8.87. The number of Topliss-reactive ketones (excluding diaryl/α,β-unsaturated/α-hetero) is 1. The molecule has 0 aromatic rings. The van der Waals surface area contributed by atoms with Crippen molar-refractivity contribution >= 4 is 5.78 Å². The molecule has 0 heterocycles. The summed E-state index contributed by atoms with van der Waals surface area (Å²) in [5.41, 5.74) is 1.18. The Morgan fingerprint density at radius 3 is 2.47 bits per heavy atom. The maximum absolute atomic E-state index is 12.5. The van der Waals surface area contributed by atoms with Crippen LogP contribution in [0.25, 0.3) is 0 Å². The quantitative estimate of drug-likeness (QED) is 0.435. The number of ether oxygens (including phenoxy) is 1. The van der Waals surface area contributed by atoms with E-state index in [9.17, 15) is 4.79 Å². The Morgan fingerprint density at radius 1 is 0.933 bits per heavy atom. The molecule has 2 nitrogen and oxygen atoms in total. The molecule has 4 aliphatic rings. The van der Waals surface area contributed by atoms with Gasteiger partial charge in [-0.05, 0) is 104 Å². The molecule has 4 fully saturated rings. The molecule has 0 N–H and O–H groups in total. The number of hydrogen-bond donors (Lipinski definition) is 0. The van der Waals surface area contributed by atoms with Crippen molar-refractivity contribution < 1.29 is 9.53 Å². The van der Waals surface area contributed by atoms with Crippen LogP contribution >= 0.6 is 0 Å². The second-order valence-corrected chi connectivity index (χ2v) is 12.5. The molecule has 0 spiro atoms. The maximum atomic E-state index is 12.5. The highest BCUT2D eigenvalue weighted by molar-refractivity contribution is 5.80. The standard InChI is InChI=1S/C28H48O2/c1-19(9-14-26(29)20(2)18-30-5)23-12-13-24-22-11-10-21-8-6-7-16-27(21,3)25(22)15-17-28(23,24)4/h19-25H,6-18H2,1-5H3/t19-,20?,21?,22+,23-,24+,25+,27+,28-/m1/s1. The Labute approximate surface area is 186 Å². The van der Waals surface area contributed by atoms with Crippen molar-refractivity contribution in [1.29, 1.82) is 0 Å². The van der Waals surface area contributed by atoms with E-state index in [1.54, 1.807) is 7.11 Å². The monoisotopic (exact) mass is 416 g/mol. The van der Waals surface area contributed by atoms with E-state index < -0.39 is 0 Å². The van der Waals surface area contributed by atoms with Crippen LogP contribution in [-0.4, -0.2) is 19.5 Å². The van der Waals surface area contributed by atoms with Crippen molar-refractivity contribution in [2.75, 3.05) is 13.7 Å². The number of carbonyl (C=O) groups excluding carboxylic acids is 1. The summed E-state index contributed by atoms with van der Waals surface area (Å²) in [7, 11) is 1.70. The van der Waals surface area contributed by atoms with E-state index in [1.165, 1.54) is 64.2 Å². The molecule has 0 aromatic carbocycles. The summed E-state index contributed by atoms with van der Waals surface area (Å²) in [5, 5.41) is 0. The molecule has 172 valence electrons. The summed E-state index contributed by atoms with van der Waals surface area (Å²) in [5.74, 6) is 5.91. The van der Waals surface area contributed by atoms with Gasteiger partial charge in [0.1, 0.15) is 5.78 Å². The van der Waals surface area contributed by atoms with Gasteiger partial charge in [-0.2, -0.15) is 0 Å². The summed E-state index contributed by atoms with van der Waals surface area (Å²) < 4.78 is 5.19. The summed E-state index contributed by atoms with van der Waals surface area (Å²) in [6.07, 6.45) is 16.6. The first-order valence-electron chi connectivity index (χ1n) is 13.3. The molecule has 0 amide bonds. The number of methoxy groups -OCH3 is 1. The Hall–Kier alpha value is -0.370. The van der Waals surface area contributed by atoms with Gasteiger partial charge in [0.25, 0.3) is 0 Å². The fourth-order valence-electron chi connectivity index (χ4n) is 9.43. The molecule has 2 heteroatoms. The third-order valence-corrected chi connectivity index (χ3v) is 11.2. The van der Waals surface area contributed by atoms with Crippen molar-refractivity contribution in [3.63, 3.8) is 0 Å². The van der Waals surface area contributed by atoms with Gasteiger partial charge < -0.3 is 4.74 Å². The molecular formula is C28H48O2.